The highest BCUT2D eigenvalue weighted by molar-refractivity contribution is 5.81. The molecule has 2 saturated heterocycles. The first-order chi connectivity index (χ1) is 11.4. The lowest BCUT2D eigenvalue weighted by Gasteiger charge is -2.48. The molecule has 4 nitrogen and oxygen atoms in total. The third-order valence-corrected chi connectivity index (χ3v) is 5.15. The predicted octanol–water partition coefficient (Wildman–Crippen LogP) is 2.22. The molecule has 2 aliphatic rings. The average molecular weight is 338 g/mol. The highest BCUT2D eigenvalue weighted by atomic mass is 19.1. The van der Waals surface area contributed by atoms with Gasteiger partial charge in [-0.3, -0.25) is 4.79 Å². The molecule has 0 bridgehead atoms. The number of benzene rings is 1. The lowest BCUT2D eigenvalue weighted by Crippen LogP contribution is -2.60. The Morgan fingerprint density at radius 2 is 2.00 bits per heavy atom. The van der Waals surface area contributed by atoms with Gasteiger partial charge in [-0.2, -0.15) is 0 Å². The largest absolute Gasteiger partial charge is 0.360 e. The van der Waals surface area contributed by atoms with Crippen molar-refractivity contribution in [2.75, 3.05) is 33.2 Å². The van der Waals surface area contributed by atoms with Crippen molar-refractivity contribution in [1.29, 1.82) is 0 Å². The first-order valence-corrected chi connectivity index (χ1v) is 8.48. The molecule has 0 N–H and O–H groups in total. The number of likely N-dealkylation sites (tertiary alicyclic amines) is 1. The highest BCUT2D eigenvalue weighted by Crippen LogP contribution is 2.32. The van der Waals surface area contributed by atoms with E-state index in [4.69, 9.17) is 4.74 Å². The summed E-state index contributed by atoms with van der Waals surface area (Å²) in [5, 5.41) is 0. The number of rotatable bonds is 3. The van der Waals surface area contributed by atoms with E-state index in [1.807, 2.05) is 7.05 Å². The maximum atomic E-state index is 13.7. The zero-order valence-electron chi connectivity index (χ0n) is 14.2. The summed E-state index contributed by atoms with van der Waals surface area (Å²) in [4.78, 5) is 15.9. The SMILES string of the molecule is C[C@H]1OC2(CCN(CCc3cc(F)ccc3F)CC2)CN(C)C1=O. The zero-order valence-corrected chi connectivity index (χ0v) is 14.2. The zero-order chi connectivity index (χ0) is 17.3. The molecule has 24 heavy (non-hydrogen) atoms. The van der Waals surface area contributed by atoms with Crippen LogP contribution in [0.1, 0.15) is 25.3 Å². The number of piperidine rings is 1. The van der Waals surface area contributed by atoms with Gasteiger partial charge in [0.05, 0.1) is 5.60 Å². The molecule has 1 aromatic rings. The van der Waals surface area contributed by atoms with E-state index in [0.29, 0.717) is 25.1 Å². The normalized spacial score (nSPS) is 24.6. The van der Waals surface area contributed by atoms with Gasteiger partial charge in [0.25, 0.3) is 5.91 Å². The number of carbonyl (C=O) groups is 1. The van der Waals surface area contributed by atoms with E-state index < -0.39 is 11.9 Å². The van der Waals surface area contributed by atoms with E-state index in [9.17, 15) is 13.6 Å². The molecule has 1 amide bonds. The Morgan fingerprint density at radius 3 is 2.67 bits per heavy atom. The second kappa shape index (κ2) is 6.76. The summed E-state index contributed by atoms with van der Waals surface area (Å²) in [7, 11) is 1.82. The Morgan fingerprint density at radius 1 is 1.29 bits per heavy atom. The van der Waals surface area contributed by atoms with Crippen molar-refractivity contribution < 1.29 is 18.3 Å². The Hall–Kier alpha value is -1.53. The number of nitrogens with zero attached hydrogens (tertiary/aromatic N) is 2. The molecule has 0 saturated carbocycles. The fraction of sp³-hybridized carbons (Fsp3) is 0.611. The van der Waals surface area contributed by atoms with Gasteiger partial charge in [-0.15, -0.1) is 0 Å². The van der Waals surface area contributed by atoms with Crippen molar-refractivity contribution in [2.45, 2.75) is 37.9 Å². The van der Waals surface area contributed by atoms with Gasteiger partial charge >= 0.3 is 0 Å². The maximum Gasteiger partial charge on any atom is 0.251 e. The summed E-state index contributed by atoms with van der Waals surface area (Å²) in [6.07, 6.45) is 1.80. The molecule has 1 spiro atoms. The van der Waals surface area contributed by atoms with Crippen molar-refractivity contribution in [2.24, 2.45) is 0 Å². The van der Waals surface area contributed by atoms with Crippen LogP contribution in [0.5, 0.6) is 0 Å². The quantitative estimate of drug-likeness (QED) is 0.847. The number of morpholine rings is 1. The lowest BCUT2D eigenvalue weighted by atomic mass is 9.88. The number of hydrogen-bond acceptors (Lipinski definition) is 3. The first-order valence-electron chi connectivity index (χ1n) is 8.48. The Labute approximate surface area is 141 Å². The van der Waals surface area contributed by atoms with Gasteiger partial charge in [0.2, 0.25) is 0 Å². The number of carbonyl (C=O) groups excluding carboxylic acids is 1. The van der Waals surface area contributed by atoms with E-state index in [2.05, 4.69) is 4.90 Å². The minimum atomic E-state index is -0.402. The molecule has 132 valence electrons. The van der Waals surface area contributed by atoms with Crippen LogP contribution in [-0.4, -0.2) is 60.6 Å². The van der Waals surface area contributed by atoms with Crippen LogP contribution in [0.3, 0.4) is 0 Å². The number of ether oxygens (including phenoxy) is 1. The van der Waals surface area contributed by atoms with Crippen LogP contribution in [0.25, 0.3) is 0 Å². The summed E-state index contributed by atoms with van der Waals surface area (Å²) >= 11 is 0. The van der Waals surface area contributed by atoms with Gasteiger partial charge < -0.3 is 14.5 Å². The molecule has 0 aliphatic carbocycles. The predicted molar refractivity (Wildman–Crippen MR) is 86.7 cm³/mol. The summed E-state index contributed by atoms with van der Waals surface area (Å²) in [6.45, 7) is 4.81. The van der Waals surface area contributed by atoms with Crippen LogP contribution < -0.4 is 0 Å². The first kappa shape index (κ1) is 17.3. The molecule has 1 atom stereocenters. The lowest BCUT2D eigenvalue weighted by molar-refractivity contribution is -0.186. The molecule has 2 heterocycles. The molecular formula is C18H24F2N2O2. The third kappa shape index (κ3) is 3.59. The van der Waals surface area contributed by atoms with Crippen molar-refractivity contribution >= 4 is 5.91 Å². The van der Waals surface area contributed by atoms with Crippen molar-refractivity contribution in [1.82, 2.24) is 9.80 Å². The van der Waals surface area contributed by atoms with Crippen LogP contribution in [0.15, 0.2) is 18.2 Å². The number of amides is 1. The van der Waals surface area contributed by atoms with Gasteiger partial charge in [-0.25, -0.2) is 8.78 Å². The molecule has 0 aromatic heterocycles. The summed E-state index contributed by atoms with van der Waals surface area (Å²) < 4.78 is 32.9. The van der Waals surface area contributed by atoms with Crippen LogP contribution in [0, 0.1) is 11.6 Å². The van der Waals surface area contributed by atoms with Crippen LogP contribution in [0.4, 0.5) is 8.78 Å². The fourth-order valence-electron chi connectivity index (χ4n) is 3.76. The minimum absolute atomic E-state index is 0.0321. The highest BCUT2D eigenvalue weighted by Gasteiger charge is 2.44. The van der Waals surface area contributed by atoms with E-state index in [-0.39, 0.29) is 17.3 Å². The summed E-state index contributed by atoms with van der Waals surface area (Å²) in [6, 6.07) is 3.59. The second-order valence-electron chi connectivity index (χ2n) is 6.96. The fourth-order valence-corrected chi connectivity index (χ4v) is 3.76. The molecule has 0 radical (unpaired) electrons. The third-order valence-electron chi connectivity index (χ3n) is 5.15. The average Bonchev–Trinajstić information content (AvgIpc) is 2.55. The minimum Gasteiger partial charge on any atom is -0.360 e. The Balaban J connectivity index is 1.54. The molecule has 2 aliphatic heterocycles. The summed E-state index contributed by atoms with van der Waals surface area (Å²) in [5.41, 5.74) is 0.158. The molecule has 1 aromatic carbocycles. The molecule has 2 fully saturated rings. The van der Waals surface area contributed by atoms with E-state index >= 15 is 0 Å². The number of halogens is 2. The van der Waals surface area contributed by atoms with Gasteiger partial charge in [-0.1, -0.05) is 0 Å². The topological polar surface area (TPSA) is 32.8 Å². The monoisotopic (exact) mass is 338 g/mol. The Kier molecular flexibility index (Phi) is 4.88. The standard InChI is InChI=1S/C18H24F2N2O2/c1-13-17(23)21(2)12-18(24-13)6-9-22(10-7-18)8-5-14-11-15(19)3-4-16(14)20/h3-4,11,13H,5-10,12H2,1-2H3/t13-/m1/s1. The van der Waals surface area contributed by atoms with Crippen molar-refractivity contribution in [3.63, 3.8) is 0 Å². The van der Waals surface area contributed by atoms with Gasteiger partial charge in [-0.05, 0) is 49.9 Å². The van der Waals surface area contributed by atoms with Gasteiger partial charge in [0.1, 0.15) is 17.7 Å². The van der Waals surface area contributed by atoms with E-state index in [0.717, 1.165) is 32.0 Å². The van der Waals surface area contributed by atoms with Crippen molar-refractivity contribution in [3.8, 4) is 0 Å². The van der Waals surface area contributed by atoms with E-state index in [1.165, 1.54) is 12.1 Å². The maximum absolute atomic E-state index is 13.7. The number of hydrogen-bond donors (Lipinski definition) is 0. The molecule has 6 heteroatoms. The Bertz CT molecular complexity index is 599. The van der Waals surface area contributed by atoms with Crippen LogP contribution in [-0.2, 0) is 16.0 Å². The second-order valence-corrected chi connectivity index (χ2v) is 6.96. The number of likely N-dealkylation sites (N-methyl/N-ethyl adjacent to an activating group) is 1. The van der Waals surface area contributed by atoms with E-state index in [1.54, 1.807) is 11.8 Å². The van der Waals surface area contributed by atoms with Gasteiger partial charge in [0.15, 0.2) is 0 Å². The van der Waals surface area contributed by atoms with Gasteiger partial charge in [0, 0.05) is 33.2 Å². The van der Waals surface area contributed by atoms with Crippen LogP contribution in [0.2, 0.25) is 0 Å². The smallest absolute Gasteiger partial charge is 0.251 e. The molecule has 3 rings (SSSR count). The van der Waals surface area contributed by atoms with Crippen LogP contribution >= 0.6 is 0 Å². The molecular weight excluding hydrogens is 314 g/mol. The molecule has 0 unspecified atom stereocenters. The summed E-state index contributed by atoms with van der Waals surface area (Å²) in [5.74, 6) is -0.722. The van der Waals surface area contributed by atoms with Crippen molar-refractivity contribution in [3.05, 3.63) is 35.4 Å².